The van der Waals surface area contributed by atoms with Gasteiger partial charge in [-0.3, -0.25) is 0 Å². The smallest absolute Gasteiger partial charge is 0.123 e. The van der Waals surface area contributed by atoms with Gasteiger partial charge in [0, 0.05) is 0 Å². The van der Waals surface area contributed by atoms with Crippen LogP contribution in [0.3, 0.4) is 0 Å². The number of ether oxygens (including phenoxy) is 2. The molecule has 0 saturated carbocycles. The van der Waals surface area contributed by atoms with Crippen LogP contribution in [0.5, 0.6) is 11.5 Å². The first-order chi connectivity index (χ1) is 10.2. The molecule has 0 aliphatic rings. The van der Waals surface area contributed by atoms with Crippen LogP contribution < -0.4 is 14.8 Å². The molecule has 0 fully saturated rings. The van der Waals surface area contributed by atoms with Crippen molar-refractivity contribution >= 4 is 0 Å². The summed E-state index contributed by atoms with van der Waals surface area (Å²) in [6.45, 7) is 3.34. The number of hydrogen-bond donors (Lipinski definition) is 1. The van der Waals surface area contributed by atoms with Crippen molar-refractivity contribution in [2.45, 2.75) is 13.0 Å². The molecule has 0 aliphatic heterocycles. The Labute approximate surface area is 124 Å². The molecule has 0 saturated heterocycles. The summed E-state index contributed by atoms with van der Waals surface area (Å²) < 4.78 is 23.9. The van der Waals surface area contributed by atoms with Gasteiger partial charge in [-0.2, -0.15) is 0 Å². The zero-order valence-electron chi connectivity index (χ0n) is 12.3. The van der Waals surface area contributed by atoms with E-state index in [4.69, 9.17) is 9.47 Å². The highest BCUT2D eigenvalue weighted by Gasteiger charge is 2.12. The minimum atomic E-state index is -0.265. The zero-order valence-corrected chi connectivity index (χ0v) is 12.3. The summed E-state index contributed by atoms with van der Waals surface area (Å²) in [5, 5.41) is 3.38. The topological polar surface area (TPSA) is 30.5 Å². The van der Waals surface area contributed by atoms with E-state index in [9.17, 15) is 4.39 Å². The van der Waals surface area contributed by atoms with Gasteiger partial charge in [-0.05, 0) is 48.5 Å². The third-order valence-electron chi connectivity index (χ3n) is 3.18. The highest BCUT2D eigenvalue weighted by molar-refractivity contribution is 5.31. The molecule has 1 unspecified atom stereocenters. The van der Waals surface area contributed by atoms with Gasteiger partial charge in [0.15, 0.2) is 0 Å². The lowest BCUT2D eigenvalue weighted by Crippen LogP contribution is -2.26. The summed E-state index contributed by atoms with van der Waals surface area (Å²) in [7, 11) is 1.65. The molecule has 0 amide bonds. The highest BCUT2D eigenvalue weighted by Crippen LogP contribution is 2.21. The van der Waals surface area contributed by atoms with E-state index in [-0.39, 0.29) is 11.9 Å². The van der Waals surface area contributed by atoms with Crippen LogP contribution in [0, 0.1) is 5.82 Å². The highest BCUT2D eigenvalue weighted by atomic mass is 19.1. The first-order valence-electron chi connectivity index (χ1n) is 6.98. The van der Waals surface area contributed by atoms with Gasteiger partial charge in [-0.25, -0.2) is 4.39 Å². The molecule has 2 aromatic rings. The summed E-state index contributed by atoms with van der Waals surface area (Å²) >= 11 is 0. The third kappa shape index (κ3) is 4.46. The average Bonchev–Trinajstić information content (AvgIpc) is 2.53. The molecule has 0 spiro atoms. The fourth-order valence-corrected chi connectivity index (χ4v) is 2.09. The Hall–Kier alpha value is -2.07. The van der Waals surface area contributed by atoms with Gasteiger partial charge in [-0.15, -0.1) is 0 Å². The van der Waals surface area contributed by atoms with Gasteiger partial charge in [0.25, 0.3) is 0 Å². The number of rotatable bonds is 7. The molecule has 0 radical (unpaired) electrons. The fraction of sp³-hybridized carbons (Fsp3) is 0.294. The predicted molar refractivity (Wildman–Crippen MR) is 81.3 cm³/mol. The molecule has 112 valence electrons. The monoisotopic (exact) mass is 289 g/mol. The van der Waals surface area contributed by atoms with E-state index < -0.39 is 0 Å². The maximum atomic E-state index is 12.9. The van der Waals surface area contributed by atoms with Gasteiger partial charge in [-0.1, -0.05) is 19.1 Å². The molecule has 3 nitrogen and oxygen atoms in total. The number of hydrogen-bond acceptors (Lipinski definition) is 3. The molecule has 0 heterocycles. The molecule has 2 aromatic carbocycles. The van der Waals surface area contributed by atoms with Crippen LogP contribution in [-0.2, 0) is 0 Å². The lowest BCUT2D eigenvalue weighted by Gasteiger charge is -2.19. The van der Waals surface area contributed by atoms with E-state index in [1.165, 1.54) is 12.1 Å². The summed E-state index contributed by atoms with van der Waals surface area (Å²) in [5.41, 5.74) is 1.10. The van der Waals surface area contributed by atoms with Gasteiger partial charge >= 0.3 is 0 Å². The number of likely N-dealkylation sites (N-methyl/N-ethyl adjacent to an activating group) is 1. The quantitative estimate of drug-likeness (QED) is 0.845. The Morgan fingerprint density at radius 2 is 1.86 bits per heavy atom. The van der Waals surface area contributed by atoms with Crippen molar-refractivity contribution in [2.75, 3.05) is 20.3 Å². The van der Waals surface area contributed by atoms with E-state index in [0.29, 0.717) is 12.4 Å². The normalized spacial score (nSPS) is 12.0. The van der Waals surface area contributed by atoms with E-state index in [1.54, 1.807) is 19.2 Å². The largest absolute Gasteiger partial charge is 0.497 e. The Bertz CT molecular complexity index is 557. The van der Waals surface area contributed by atoms with Crippen molar-refractivity contribution in [3.8, 4) is 11.5 Å². The van der Waals surface area contributed by atoms with Crippen molar-refractivity contribution in [2.24, 2.45) is 0 Å². The lowest BCUT2D eigenvalue weighted by atomic mass is 10.1. The standard InChI is InChI=1S/C17H20FNO2/c1-3-19-17(13-5-4-6-16(11-13)20-2)12-21-15-9-7-14(18)8-10-15/h4-11,17,19H,3,12H2,1-2H3. The molecule has 2 rings (SSSR count). The molecule has 1 N–H and O–H groups in total. The van der Waals surface area contributed by atoms with Gasteiger partial charge in [0.1, 0.15) is 23.9 Å². The van der Waals surface area contributed by atoms with Crippen LogP contribution in [0.4, 0.5) is 4.39 Å². The predicted octanol–water partition coefficient (Wildman–Crippen LogP) is 3.56. The third-order valence-corrected chi connectivity index (χ3v) is 3.18. The van der Waals surface area contributed by atoms with Crippen LogP contribution >= 0.6 is 0 Å². The summed E-state index contributed by atoms with van der Waals surface area (Å²) in [6, 6.07) is 14.0. The maximum Gasteiger partial charge on any atom is 0.123 e. The van der Waals surface area contributed by atoms with Crippen molar-refractivity contribution in [1.29, 1.82) is 0 Å². The molecule has 21 heavy (non-hydrogen) atoms. The minimum Gasteiger partial charge on any atom is -0.497 e. The second kappa shape index (κ2) is 7.64. The molecule has 0 aliphatic carbocycles. The SMILES string of the molecule is CCNC(COc1ccc(F)cc1)c1cccc(OC)c1. The van der Waals surface area contributed by atoms with E-state index >= 15 is 0 Å². The van der Waals surface area contributed by atoms with Crippen LogP contribution in [0.15, 0.2) is 48.5 Å². The molecular formula is C17H20FNO2. The number of benzene rings is 2. The van der Waals surface area contributed by atoms with Crippen molar-refractivity contribution in [3.63, 3.8) is 0 Å². The Kier molecular flexibility index (Phi) is 5.58. The fourth-order valence-electron chi connectivity index (χ4n) is 2.09. The second-order valence-corrected chi connectivity index (χ2v) is 4.65. The van der Waals surface area contributed by atoms with E-state index in [2.05, 4.69) is 5.32 Å². The minimum absolute atomic E-state index is 0.0511. The Morgan fingerprint density at radius 3 is 2.52 bits per heavy atom. The van der Waals surface area contributed by atoms with Crippen molar-refractivity contribution in [3.05, 3.63) is 59.9 Å². The molecular weight excluding hydrogens is 269 g/mol. The molecule has 4 heteroatoms. The van der Waals surface area contributed by atoms with Crippen molar-refractivity contribution < 1.29 is 13.9 Å². The summed E-state index contributed by atoms with van der Waals surface area (Å²) in [5.74, 6) is 1.21. The zero-order chi connectivity index (χ0) is 15.1. The summed E-state index contributed by atoms with van der Waals surface area (Å²) in [6.07, 6.45) is 0. The van der Waals surface area contributed by atoms with Crippen LogP contribution in [0.25, 0.3) is 0 Å². The molecule has 0 aromatic heterocycles. The number of nitrogens with one attached hydrogen (secondary N) is 1. The first-order valence-corrected chi connectivity index (χ1v) is 6.98. The van der Waals surface area contributed by atoms with Crippen LogP contribution in [0.1, 0.15) is 18.5 Å². The molecule has 1 atom stereocenters. The Balaban J connectivity index is 2.05. The average molecular weight is 289 g/mol. The first kappa shape index (κ1) is 15.3. The lowest BCUT2D eigenvalue weighted by molar-refractivity contribution is 0.267. The van der Waals surface area contributed by atoms with Gasteiger partial charge < -0.3 is 14.8 Å². The van der Waals surface area contributed by atoms with E-state index in [1.807, 2.05) is 31.2 Å². The number of methoxy groups -OCH3 is 1. The Morgan fingerprint density at radius 1 is 1.10 bits per heavy atom. The summed E-state index contributed by atoms with van der Waals surface area (Å²) in [4.78, 5) is 0. The van der Waals surface area contributed by atoms with E-state index in [0.717, 1.165) is 17.9 Å². The van der Waals surface area contributed by atoms with Gasteiger partial charge in [0.2, 0.25) is 0 Å². The van der Waals surface area contributed by atoms with Gasteiger partial charge in [0.05, 0.1) is 13.2 Å². The maximum absolute atomic E-state index is 12.9. The van der Waals surface area contributed by atoms with Crippen LogP contribution in [-0.4, -0.2) is 20.3 Å². The number of halogens is 1. The second-order valence-electron chi connectivity index (χ2n) is 4.65. The van der Waals surface area contributed by atoms with Crippen LogP contribution in [0.2, 0.25) is 0 Å². The molecule has 0 bridgehead atoms. The van der Waals surface area contributed by atoms with Crippen molar-refractivity contribution in [1.82, 2.24) is 5.32 Å².